The van der Waals surface area contributed by atoms with Crippen LogP contribution in [0.3, 0.4) is 0 Å². The van der Waals surface area contributed by atoms with Gasteiger partial charge in [0.15, 0.2) is 0 Å². The Morgan fingerprint density at radius 3 is 1.11 bits per heavy atom. The van der Waals surface area contributed by atoms with Crippen LogP contribution in [0.15, 0.2) is 0 Å². The zero-order chi connectivity index (χ0) is 20.2. The van der Waals surface area contributed by atoms with Crippen molar-refractivity contribution in [2.75, 3.05) is 6.61 Å². The summed E-state index contributed by atoms with van der Waals surface area (Å²) in [6.07, 6.45) is 23.1. The third kappa shape index (κ3) is 23.2. The Balaban J connectivity index is 0. The van der Waals surface area contributed by atoms with Gasteiger partial charge in [-0.3, -0.25) is 0 Å². The zero-order valence-corrected chi connectivity index (χ0v) is 21.6. The number of aliphatic hydroxyl groups excluding tert-OH is 1. The molecule has 0 rings (SSSR count). The molecular weight excluding hydrogens is 383 g/mol. The molecule has 0 heterocycles. The molecule has 1 unspecified atom stereocenters. The number of hydrogen-bond donors (Lipinski definition) is 1. The van der Waals surface area contributed by atoms with E-state index in [9.17, 15) is 13.0 Å². The first-order valence-corrected chi connectivity index (χ1v) is 13.0. The maximum absolute atomic E-state index is 10.8. The molecule has 0 aromatic rings. The molecule has 0 aromatic heterocycles. The van der Waals surface area contributed by atoms with Crippen LogP contribution in [0, 0.1) is 0 Å². The van der Waals surface area contributed by atoms with E-state index in [0.717, 1.165) is 25.7 Å². The molecule has 0 aliphatic rings. The first-order valence-electron chi connectivity index (χ1n) is 11.5. The van der Waals surface area contributed by atoms with Crippen LogP contribution >= 0.6 is 0 Å². The number of rotatable bonds is 21. The van der Waals surface area contributed by atoms with Crippen LogP contribution < -0.4 is 29.6 Å². The van der Waals surface area contributed by atoms with Crippen molar-refractivity contribution in [1.82, 2.24) is 0 Å². The predicted molar refractivity (Wildman–Crippen MR) is 114 cm³/mol. The van der Waals surface area contributed by atoms with Crippen LogP contribution in [0.2, 0.25) is 0 Å². The third-order valence-electron chi connectivity index (χ3n) is 5.51. The smallest absolute Gasteiger partial charge is 0.748 e. The number of hydrogen-bond acceptors (Lipinski definition) is 4. The molecule has 1 atom stereocenters. The van der Waals surface area contributed by atoms with E-state index in [-0.39, 0.29) is 29.6 Å². The van der Waals surface area contributed by atoms with E-state index < -0.39 is 15.4 Å². The van der Waals surface area contributed by atoms with E-state index in [1.165, 1.54) is 96.8 Å². The van der Waals surface area contributed by atoms with Crippen LogP contribution in [-0.4, -0.2) is 29.9 Å². The molecule has 0 aromatic carbocycles. The van der Waals surface area contributed by atoms with Crippen molar-refractivity contribution in [3.8, 4) is 0 Å². The van der Waals surface area contributed by atoms with Gasteiger partial charge in [0.2, 0.25) is 0 Å². The summed E-state index contributed by atoms with van der Waals surface area (Å²) < 4.78 is 32.4. The molecule has 1 N–H and O–H groups in total. The summed E-state index contributed by atoms with van der Waals surface area (Å²) in [5, 5.41) is 7.99. The van der Waals surface area contributed by atoms with Crippen LogP contribution in [0.4, 0.5) is 0 Å². The fourth-order valence-corrected chi connectivity index (χ4v) is 3.97. The SMILES string of the molecule is CC(CCCCCCCCCCCCCCCCCCCCO)S(=O)(=O)[O-].[Na+]. The second-order valence-corrected chi connectivity index (χ2v) is 9.97. The summed E-state index contributed by atoms with van der Waals surface area (Å²) in [5.41, 5.74) is 0. The van der Waals surface area contributed by atoms with Gasteiger partial charge in [-0.2, -0.15) is 0 Å². The standard InChI is InChI=1S/C22H46O4S.Na/c1-22(27(24,25)26)20-18-16-14-12-10-8-6-4-2-3-5-7-9-11-13-15-17-19-21-23;/h22-23H,2-21H2,1H3,(H,24,25,26);/q;+1/p-1. The van der Waals surface area contributed by atoms with Crippen LogP contribution in [0.1, 0.15) is 129 Å². The minimum atomic E-state index is -4.08. The topological polar surface area (TPSA) is 77.4 Å². The van der Waals surface area contributed by atoms with Gasteiger partial charge in [-0.1, -0.05) is 109 Å². The molecule has 0 radical (unpaired) electrons. The van der Waals surface area contributed by atoms with Gasteiger partial charge in [0.25, 0.3) is 0 Å². The van der Waals surface area contributed by atoms with E-state index >= 15 is 0 Å². The molecule has 0 fully saturated rings. The van der Waals surface area contributed by atoms with Crippen molar-refractivity contribution in [1.29, 1.82) is 0 Å². The molecule has 164 valence electrons. The second-order valence-electron chi connectivity index (χ2n) is 8.18. The largest absolute Gasteiger partial charge is 1.00 e. The van der Waals surface area contributed by atoms with Crippen LogP contribution in [-0.2, 0) is 10.1 Å². The van der Waals surface area contributed by atoms with Gasteiger partial charge in [0, 0.05) is 11.9 Å². The fourth-order valence-electron chi connectivity index (χ4n) is 3.52. The molecule has 0 bridgehead atoms. The average Bonchev–Trinajstić information content (AvgIpc) is 2.62. The Labute approximate surface area is 197 Å². The normalized spacial score (nSPS) is 12.7. The van der Waals surface area contributed by atoms with E-state index in [0.29, 0.717) is 13.0 Å². The molecule has 0 saturated heterocycles. The molecular formula is C22H45NaO4S. The zero-order valence-electron chi connectivity index (χ0n) is 18.8. The molecule has 6 heteroatoms. The average molecular weight is 429 g/mol. The Morgan fingerprint density at radius 2 is 0.857 bits per heavy atom. The second kappa shape index (κ2) is 22.6. The van der Waals surface area contributed by atoms with Crippen molar-refractivity contribution < 1.29 is 47.6 Å². The van der Waals surface area contributed by atoms with Gasteiger partial charge in [-0.25, -0.2) is 8.42 Å². The Bertz CT molecular complexity index is 401. The molecule has 0 spiro atoms. The van der Waals surface area contributed by atoms with E-state index in [1.807, 2.05) is 0 Å². The van der Waals surface area contributed by atoms with Crippen molar-refractivity contribution in [2.45, 2.75) is 134 Å². The van der Waals surface area contributed by atoms with Gasteiger partial charge >= 0.3 is 29.6 Å². The quantitative estimate of drug-likeness (QED) is 0.173. The molecule has 0 amide bonds. The molecule has 0 aliphatic carbocycles. The molecule has 4 nitrogen and oxygen atoms in total. The van der Waals surface area contributed by atoms with Crippen LogP contribution in [0.25, 0.3) is 0 Å². The number of unbranched alkanes of at least 4 members (excludes halogenated alkanes) is 17. The summed E-state index contributed by atoms with van der Waals surface area (Å²) in [4.78, 5) is 0. The maximum atomic E-state index is 10.8. The monoisotopic (exact) mass is 428 g/mol. The summed E-state index contributed by atoms with van der Waals surface area (Å²) in [6, 6.07) is 0. The van der Waals surface area contributed by atoms with Crippen molar-refractivity contribution >= 4 is 10.1 Å². The first-order chi connectivity index (χ1) is 13.0. The Kier molecular flexibility index (Phi) is 25.0. The van der Waals surface area contributed by atoms with Gasteiger partial charge in [-0.05, 0) is 19.8 Å². The van der Waals surface area contributed by atoms with Crippen molar-refractivity contribution in [3.63, 3.8) is 0 Å². The van der Waals surface area contributed by atoms with Crippen LogP contribution in [0.5, 0.6) is 0 Å². The summed E-state index contributed by atoms with van der Waals surface area (Å²) in [7, 11) is -4.08. The molecule has 0 saturated carbocycles. The summed E-state index contributed by atoms with van der Waals surface area (Å²) >= 11 is 0. The summed E-state index contributed by atoms with van der Waals surface area (Å²) in [6.45, 7) is 1.86. The predicted octanol–water partition coefficient (Wildman–Crippen LogP) is 3.33. The number of aliphatic hydroxyl groups is 1. The summed E-state index contributed by atoms with van der Waals surface area (Å²) in [5.74, 6) is 0. The molecule has 0 aliphatic heterocycles. The van der Waals surface area contributed by atoms with Crippen molar-refractivity contribution in [2.24, 2.45) is 0 Å². The van der Waals surface area contributed by atoms with E-state index in [2.05, 4.69) is 0 Å². The van der Waals surface area contributed by atoms with E-state index in [4.69, 9.17) is 5.11 Å². The minimum Gasteiger partial charge on any atom is -0.748 e. The maximum Gasteiger partial charge on any atom is 1.00 e. The molecule has 28 heavy (non-hydrogen) atoms. The Morgan fingerprint density at radius 1 is 0.607 bits per heavy atom. The van der Waals surface area contributed by atoms with Gasteiger partial charge in [0.05, 0.1) is 10.1 Å². The first kappa shape index (κ1) is 31.1. The minimum absolute atomic E-state index is 0. The van der Waals surface area contributed by atoms with Gasteiger partial charge in [-0.15, -0.1) is 0 Å². The van der Waals surface area contributed by atoms with Gasteiger partial charge < -0.3 is 9.66 Å². The van der Waals surface area contributed by atoms with E-state index in [1.54, 1.807) is 0 Å². The Hall–Kier alpha value is 0.870. The third-order valence-corrected chi connectivity index (χ3v) is 6.73. The van der Waals surface area contributed by atoms with Crippen molar-refractivity contribution in [3.05, 3.63) is 0 Å². The van der Waals surface area contributed by atoms with Gasteiger partial charge in [0.1, 0.15) is 0 Å². The fraction of sp³-hybridized carbons (Fsp3) is 1.00.